The van der Waals surface area contributed by atoms with E-state index in [1.807, 2.05) is 13.8 Å². The molecule has 0 radical (unpaired) electrons. The summed E-state index contributed by atoms with van der Waals surface area (Å²) in [7, 11) is 0. The fourth-order valence-electron chi connectivity index (χ4n) is 2.75. The smallest absolute Gasteiger partial charge is 0.127 e. The second-order valence-corrected chi connectivity index (χ2v) is 6.48. The molecule has 0 saturated heterocycles. The van der Waals surface area contributed by atoms with E-state index in [2.05, 4.69) is 37.4 Å². The number of hydrogen-bond acceptors (Lipinski definition) is 3. The van der Waals surface area contributed by atoms with E-state index < -0.39 is 5.60 Å². The molecule has 1 aliphatic rings. The van der Waals surface area contributed by atoms with Crippen LogP contribution in [0.25, 0.3) is 0 Å². The maximum absolute atomic E-state index is 10.3. The molecular weight excluding hydrogens is 250 g/mol. The molecule has 3 nitrogen and oxygen atoms in total. The second kappa shape index (κ2) is 5.74. The molecule has 2 N–H and O–H groups in total. The lowest BCUT2D eigenvalue weighted by molar-refractivity contribution is 0.0321. The predicted octanol–water partition coefficient (Wildman–Crippen LogP) is 3.04. The first-order valence-electron chi connectivity index (χ1n) is 7.62. The van der Waals surface area contributed by atoms with Crippen LogP contribution in [0.15, 0.2) is 18.2 Å². The molecule has 0 spiro atoms. The topological polar surface area (TPSA) is 41.5 Å². The number of ether oxygens (including phenoxy) is 1. The van der Waals surface area contributed by atoms with Gasteiger partial charge in [0.2, 0.25) is 0 Å². The van der Waals surface area contributed by atoms with Gasteiger partial charge < -0.3 is 15.2 Å². The Bertz CT molecular complexity index is 464. The van der Waals surface area contributed by atoms with Crippen LogP contribution in [0.2, 0.25) is 0 Å². The van der Waals surface area contributed by atoms with Crippen molar-refractivity contribution in [2.75, 3.05) is 6.54 Å². The third-order valence-electron chi connectivity index (χ3n) is 4.26. The van der Waals surface area contributed by atoms with Crippen LogP contribution in [0.5, 0.6) is 5.75 Å². The monoisotopic (exact) mass is 277 g/mol. The zero-order chi connectivity index (χ0) is 14.8. The van der Waals surface area contributed by atoms with Crippen LogP contribution in [0.1, 0.15) is 51.7 Å². The number of benzene rings is 1. The van der Waals surface area contributed by atoms with Crippen molar-refractivity contribution in [1.82, 2.24) is 5.32 Å². The Morgan fingerprint density at radius 3 is 2.65 bits per heavy atom. The van der Waals surface area contributed by atoms with Gasteiger partial charge in [-0.15, -0.1) is 0 Å². The van der Waals surface area contributed by atoms with Crippen LogP contribution in [0, 0.1) is 0 Å². The van der Waals surface area contributed by atoms with Gasteiger partial charge in [0.05, 0.1) is 5.60 Å². The molecule has 0 saturated carbocycles. The fourth-order valence-corrected chi connectivity index (χ4v) is 2.75. The van der Waals surface area contributed by atoms with E-state index >= 15 is 0 Å². The van der Waals surface area contributed by atoms with Gasteiger partial charge in [-0.3, -0.25) is 0 Å². The molecule has 1 aromatic rings. The highest BCUT2D eigenvalue weighted by atomic mass is 16.5. The highest BCUT2D eigenvalue weighted by Crippen LogP contribution is 2.37. The summed E-state index contributed by atoms with van der Waals surface area (Å²) in [6.45, 7) is 9.65. The summed E-state index contributed by atoms with van der Waals surface area (Å²) in [4.78, 5) is 0. The maximum atomic E-state index is 10.3. The van der Waals surface area contributed by atoms with Crippen LogP contribution in [-0.4, -0.2) is 22.9 Å². The largest absolute Gasteiger partial charge is 0.487 e. The first-order chi connectivity index (χ1) is 9.39. The van der Waals surface area contributed by atoms with Gasteiger partial charge in [0.15, 0.2) is 0 Å². The second-order valence-electron chi connectivity index (χ2n) is 6.48. The third-order valence-corrected chi connectivity index (χ3v) is 4.26. The van der Waals surface area contributed by atoms with Gasteiger partial charge in [0.25, 0.3) is 0 Å². The van der Waals surface area contributed by atoms with E-state index in [1.54, 1.807) is 0 Å². The number of aliphatic hydroxyl groups is 1. The quantitative estimate of drug-likeness (QED) is 0.840. The van der Waals surface area contributed by atoms with Crippen LogP contribution in [0.3, 0.4) is 0 Å². The zero-order valence-corrected chi connectivity index (χ0v) is 13.1. The Morgan fingerprint density at radius 2 is 2.00 bits per heavy atom. The maximum Gasteiger partial charge on any atom is 0.127 e. The van der Waals surface area contributed by atoms with E-state index in [1.165, 1.54) is 11.1 Å². The van der Waals surface area contributed by atoms with Crippen molar-refractivity contribution < 1.29 is 9.84 Å². The molecule has 0 unspecified atom stereocenters. The van der Waals surface area contributed by atoms with Crippen molar-refractivity contribution in [3.63, 3.8) is 0 Å². The lowest BCUT2D eigenvalue weighted by Crippen LogP contribution is -2.39. The summed E-state index contributed by atoms with van der Waals surface area (Å²) < 4.78 is 6.06. The summed E-state index contributed by atoms with van der Waals surface area (Å²) >= 11 is 0. The van der Waals surface area contributed by atoms with Crippen LogP contribution >= 0.6 is 0 Å². The van der Waals surface area contributed by atoms with Gasteiger partial charge in [-0.1, -0.05) is 32.0 Å². The normalized spacial score (nSPS) is 16.9. The highest BCUT2D eigenvalue weighted by molar-refractivity contribution is 5.45. The number of fused-ring (bicyclic) bond motifs is 1. The summed E-state index contributed by atoms with van der Waals surface area (Å²) in [5.41, 5.74) is 1.77. The molecule has 0 amide bonds. The van der Waals surface area contributed by atoms with Gasteiger partial charge in [0.1, 0.15) is 11.4 Å². The minimum atomic E-state index is -0.599. The molecule has 1 aromatic carbocycles. The first kappa shape index (κ1) is 15.3. The Hall–Kier alpha value is -1.06. The van der Waals surface area contributed by atoms with E-state index in [4.69, 9.17) is 4.74 Å². The van der Waals surface area contributed by atoms with E-state index in [-0.39, 0.29) is 5.60 Å². The highest BCUT2D eigenvalue weighted by Gasteiger charge is 2.31. The summed E-state index contributed by atoms with van der Waals surface area (Å²) in [5, 5.41) is 13.7. The van der Waals surface area contributed by atoms with Gasteiger partial charge in [-0.05, 0) is 32.3 Å². The number of nitrogens with one attached hydrogen (secondary N) is 1. The van der Waals surface area contributed by atoms with Crippen molar-refractivity contribution in [2.24, 2.45) is 0 Å². The van der Waals surface area contributed by atoms with Gasteiger partial charge in [-0.2, -0.15) is 0 Å². The minimum absolute atomic E-state index is 0.105. The van der Waals surface area contributed by atoms with Crippen molar-refractivity contribution in [3.8, 4) is 5.75 Å². The molecule has 0 bridgehead atoms. The summed E-state index contributed by atoms with van der Waals surface area (Å²) in [5.74, 6) is 1.03. The van der Waals surface area contributed by atoms with Crippen LogP contribution in [0.4, 0.5) is 0 Å². The third kappa shape index (κ3) is 3.33. The van der Waals surface area contributed by atoms with Crippen molar-refractivity contribution >= 4 is 0 Å². The molecule has 2 rings (SSSR count). The molecule has 1 aliphatic heterocycles. The molecule has 20 heavy (non-hydrogen) atoms. The summed E-state index contributed by atoms with van der Waals surface area (Å²) in [6.07, 6.45) is 2.50. The van der Waals surface area contributed by atoms with Crippen molar-refractivity contribution in [3.05, 3.63) is 29.3 Å². The first-order valence-corrected chi connectivity index (χ1v) is 7.62. The Kier molecular flexibility index (Phi) is 4.40. The molecule has 0 aromatic heterocycles. The number of rotatable bonds is 6. The molecule has 3 heteroatoms. The van der Waals surface area contributed by atoms with E-state index in [9.17, 15) is 5.11 Å². The molecule has 1 heterocycles. The number of hydrogen-bond donors (Lipinski definition) is 2. The van der Waals surface area contributed by atoms with Crippen LogP contribution < -0.4 is 10.1 Å². The molecule has 112 valence electrons. The van der Waals surface area contributed by atoms with Gasteiger partial charge >= 0.3 is 0 Å². The van der Waals surface area contributed by atoms with Crippen molar-refractivity contribution in [2.45, 2.75) is 64.7 Å². The minimum Gasteiger partial charge on any atom is -0.487 e. The zero-order valence-electron chi connectivity index (χ0n) is 13.1. The lowest BCUT2D eigenvalue weighted by atomic mass is 9.97. The molecule has 0 atom stereocenters. The predicted molar refractivity (Wildman–Crippen MR) is 82.1 cm³/mol. The average Bonchev–Trinajstić information content (AvgIpc) is 2.73. The lowest BCUT2D eigenvalue weighted by Gasteiger charge is -2.25. The summed E-state index contributed by atoms with van der Waals surface area (Å²) in [6, 6.07) is 6.33. The Labute approximate surface area is 122 Å². The molecular formula is C17H27NO2. The van der Waals surface area contributed by atoms with E-state index in [0.29, 0.717) is 6.54 Å². The molecule has 0 aliphatic carbocycles. The van der Waals surface area contributed by atoms with Crippen molar-refractivity contribution in [1.29, 1.82) is 0 Å². The SMILES string of the molecule is CCC(O)(CC)CNCc1cccc2c1OC(C)(C)C2. The average molecular weight is 277 g/mol. The van der Waals surface area contributed by atoms with Gasteiger partial charge in [0, 0.05) is 25.1 Å². The standard InChI is InChI=1S/C17H27NO2/c1-5-17(19,6-2)12-18-11-14-9-7-8-13-10-16(3,4)20-15(13)14/h7-9,18-19H,5-6,10-12H2,1-4H3. The van der Waals surface area contributed by atoms with E-state index in [0.717, 1.165) is 31.6 Å². The van der Waals surface area contributed by atoms with Gasteiger partial charge in [-0.25, -0.2) is 0 Å². The Balaban J connectivity index is 2.01. The van der Waals surface area contributed by atoms with Crippen LogP contribution in [-0.2, 0) is 13.0 Å². The fraction of sp³-hybridized carbons (Fsp3) is 0.647. The molecule has 0 fully saturated rings. The Morgan fingerprint density at radius 1 is 1.30 bits per heavy atom. The number of para-hydroxylation sites is 1.